The van der Waals surface area contributed by atoms with E-state index in [-0.39, 0.29) is 24.3 Å². The number of ether oxygens (including phenoxy) is 1. The lowest BCUT2D eigenvalue weighted by atomic mass is 10.0. The lowest BCUT2D eigenvalue weighted by Gasteiger charge is -2.15. The van der Waals surface area contributed by atoms with E-state index in [0.29, 0.717) is 22.7 Å². The van der Waals surface area contributed by atoms with Gasteiger partial charge in [0.25, 0.3) is 11.8 Å². The number of aryl methyl sites for hydroxylation is 1. The summed E-state index contributed by atoms with van der Waals surface area (Å²) in [6, 6.07) is 22.1. The van der Waals surface area contributed by atoms with Gasteiger partial charge in [0.05, 0.1) is 11.3 Å². The maximum absolute atomic E-state index is 12.7. The third-order valence-electron chi connectivity index (χ3n) is 4.63. The zero-order chi connectivity index (χ0) is 21.5. The highest BCUT2D eigenvalue weighted by Gasteiger charge is 2.15. The van der Waals surface area contributed by atoms with Crippen LogP contribution in [0.25, 0.3) is 0 Å². The normalized spacial score (nSPS) is 10.5. The summed E-state index contributed by atoms with van der Waals surface area (Å²) in [5, 5.41) is 5.62. The van der Waals surface area contributed by atoms with Crippen molar-refractivity contribution in [2.45, 2.75) is 26.7 Å². The van der Waals surface area contributed by atoms with Gasteiger partial charge in [-0.05, 0) is 54.3 Å². The zero-order valence-corrected chi connectivity index (χ0v) is 17.4. The Morgan fingerprint density at radius 2 is 1.60 bits per heavy atom. The molecule has 0 saturated carbocycles. The fraction of sp³-hybridized carbons (Fsp3) is 0.200. The number of hydrogen-bond acceptors (Lipinski definition) is 3. The molecule has 0 spiro atoms. The molecule has 0 aliphatic carbocycles. The second-order valence-corrected chi connectivity index (χ2v) is 7.40. The molecule has 2 N–H and O–H groups in total. The molecule has 0 bridgehead atoms. The molecule has 0 atom stereocenters. The number of rotatable bonds is 7. The summed E-state index contributed by atoms with van der Waals surface area (Å²) in [7, 11) is 0. The van der Waals surface area contributed by atoms with E-state index in [1.54, 1.807) is 36.4 Å². The van der Waals surface area contributed by atoms with Crippen molar-refractivity contribution in [1.29, 1.82) is 0 Å². The summed E-state index contributed by atoms with van der Waals surface area (Å²) in [5.74, 6) is 0.367. The van der Waals surface area contributed by atoms with Gasteiger partial charge in [0.15, 0.2) is 6.61 Å². The van der Waals surface area contributed by atoms with Gasteiger partial charge in [-0.3, -0.25) is 9.59 Å². The molecule has 0 unspecified atom stereocenters. The van der Waals surface area contributed by atoms with Crippen molar-refractivity contribution < 1.29 is 14.3 Å². The molecule has 3 aromatic rings. The first-order valence-corrected chi connectivity index (χ1v) is 9.92. The second kappa shape index (κ2) is 9.74. The van der Waals surface area contributed by atoms with Crippen LogP contribution in [0.3, 0.4) is 0 Å². The van der Waals surface area contributed by atoms with Crippen LogP contribution in [0.1, 0.15) is 41.3 Å². The summed E-state index contributed by atoms with van der Waals surface area (Å²) in [6.45, 7) is 6.01. The Hall–Kier alpha value is -3.60. The SMILES string of the molecule is Cc1ccc(C(C)C)c(OCC(=O)Nc2ccccc2C(=O)Nc2ccccc2)c1. The van der Waals surface area contributed by atoms with E-state index in [2.05, 4.69) is 24.5 Å². The molecular weight excluding hydrogens is 376 g/mol. The molecule has 3 aromatic carbocycles. The Bertz CT molecular complexity index is 1030. The van der Waals surface area contributed by atoms with E-state index in [1.165, 1.54) is 0 Å². The number of para-hydroxylation sites is 2. The van der Waals surface area contributed by atoms with Gasteiger partial charge in [-0.25, -0.2) is 0 Å². The van der Waals surface area contributed by atoms with E-state index in [9.17, 15) is 9.59 Å². The molecule has 5 heteroatoms. The van der Waals surface area contributed by atoms with E-state index >= 15 is 0 Å². The van der Waals surface area contributed by atoms with Gasteiger partial charge in [0.1, 0.15) is 5.75 Å². The Morgan fingerprint density at radius 1 is 0.900 bits per heavy atom. The van der Waals surface area contributed by atoms with Gasteiger partial charge in [0, 0.05) is 5.69 Å². The highest BCUT2D eigenvalue weighted by Crippen LogP contribution is 2.27. The van der Waals surface area contributed by atoms with Crippen LogP contribution in [0.2, 0.25) is 0 Å². The van der Waals surface area contributed by atoms with Crippen molar-refractivity contribution in [1.82, 2.24) is 0 Å². The number of carbonyl (C=O) groups excluding carboxylic acids is 2. The maximum Gasteiger partial charge on any atom is 0.262 e. The van der Waals surface area contributed by atoms with Crippen molar-refractivity contribution in [3.63, 3.8) is 0 Å². The lowest BCUT2D eigenvalue weighted by Crippen LogP contribution is -2.23. The van der Waals surface area contributed by atoms with Crippen LogP contribution in [0.5, 0.6) is 5.75 Å². The number of anilines is 2. The Balaban J connectivity index is 1.68. The molecule has 0 fully saturated rings. The lowest BCUT2D eigenvalue weighted by molar-refractivity contribution is -0.118. The molecule has 0 aliphatic heterocycles. The number of carbonyl (C=O) groups is 2. The molecule has 154 valence electrons. The second-order valence-electron chi connectivity index (χ2n) is 7.40. The molecule has 0 aromatic heterocycles. The van der Waals surface area contributed by atoms with Crippen LogP contribution in [-0.4, -0.2) is 18.4 Å². The minimum atomic E-state index is -0.328. The summed E-state index contributed by atoms with van der Waals surface area (Å²) in [5.41, 5.74) is 3.63. The Morgan fingerprint density at radius 3 is 2.33 bits per heavy atom. The first kappa shape index (κ1) is 21.1. The Kier molecular flexibility index (Phi) is 6.86. The van der Waals surface area contributed by atoms with Crippen molar-refractivity contribution >= 4 is 23.2 Å². The minimum Gasteiger partial charge on any atom is -0.483 e. The highest BCUT2D eigenvalue weighted by atomic mass is 16.5. The van der Waals surface area contributed by atoms with Crippen molar-refractivity contribution in [3.8, 4) is 5.75 Å². The smallest absolute Gasteiger partial charge is 0.262 e. The van der Waals surface area contributed by atoms with Crippen LogP contribution in [0, 0.1) is 6.92 Å². The van der Waals surface area contributed by atoms with Crippen molar-refractivity contribution in [2.24, 2.45) is 0 Å². The number of nitrogens with one attached hydrogen (secondary N) is 2. The van der Waals surface area contributed by atoms with Gasteiger partial charge in [0.2, 0.25) is 0 Å². The number of hydrogen-bond donors (Lipinski definition) is 2. The van der Waals surface area contributed by atoms with Gasteiger partial charge in [-0.1, -0.05) is 56.3 Å². The van der Waals surface area contributed by atoms with Gasteiger partial charge < -0.3 is 15.4 Å². The summed E-state index contributed by atoms with van der Waals surface area (Å²) in [4.78, 5) is 25.2. The molecule has 0 saturated heterocycles. The molecule has 0 radical (unpaired) electrons. The van der Waals surface area contributed by atoms with Crippen LogP contribution in [0.15, 0.2) is 72.8 Å². The van der Waals surface area contributed by atoms with Gasteiger partial charge in [-0.2, -0.15) is 0 Å². The monoisotopic (exact) mass is 402 g/mol. The zero-order valence-electron chi connectivity index (χ0n) is 17.4. The number of amides is 2. The first-order valence-electron chi connectivity index (χ1n) is 9.92. The summed E-state index contributed by atoms with van der Waals surface area (Å²) in [6.07, 6.45) is 0. The largest absolute Gasteiger partial charge is 0.483 e. The third-order valence-corrected chi connectivity index (χ3v) is 4.63. The fourth-order valence-corrected chi connectivity index (χ4v) is 3.08. The summed E-state index contributed by atoms with van der Waals surface area (Å²) >= 11 is 0. The van der Waals surface area contributed by atoms with Crippen molar-refractivity contribution in [2.75, 3.05) is 17.2 Å². The first-order chi connectivity index (χ1) is 14.4. The van der Waals surface area contributed by atoms with Crippen LogP contribution in [-0.2, 0) is 4.79 Å². The maximum atomic E-state index is 12.7. The van der Waals surface area contributed by atoms with Crippen LogP contribution in [0.4, 0.5) is 11.4 Å². The average molecular weight is 402 g/mol. The average Bonchev–Trinajstić information content (AvgIpc) is 2.73. The highest BCUT2D eigenvalue weighted by molar-refractivity contribution is 6.10. The molecule has 5 nitrogen and oxygen atoms in total. The van der Waals surface area contributed by atoms with E-state index in [4.69, 9.17) is 4.74 Å². The van der Waals surface area contributed by atoms with Gasteiger partial charge in [-0.15, -0.1) is 0 Å². The predicted molar refractivity (Wildman–Crippen MR) is 120 cm³/mol. The molecule has 0 aliphatic rings. The van der Waals surface area contributed by atoms with Crippen LogP contribution >= 0.6 is 0 Å². The van der Waals surface area contributed by atoms with E-state index in [0.717, 1.165) is 11.1 Å². The molecular formula is C25H26N2O3. The molecule has 30 heavy (non-hydrogen) atoms. The van der Waals surface area contributed by atoms with Crippen molar-refractivity contribution in [3.05, 3.63) is 89.5 Å². The fourth-order valence-electron chi connectivity index (χ4n) is 3.08. The van der Waals surface area contributed by atoms with E-state index < -0.39 is 0 Å². The van der Waals surface area contributed by atoms with Gasteiger partial charge >= 0.3 is 0 Å². The minimum absolute atomic E-state index is 0.141. The molecule has 3 rings (SSSR count). The topological polar surface area (TPSA) is 67.4 Å². The predicted octanol–water partition coefficient (Wildman–Crippen LogP) is 5.39. The standard InChI is InChI=1S/C25H26N2O3/c1-17(2)20-14-13-18(3)15-23(20)30-16-24(28)27-22-12-8-7-11-21(22)25(29)26-19-9-5-4-6-10-19/h4-15,17H,16H2,1-3H3,(H,26,29)(H,27,28). The molecule has 0 heterocycles. The molecule has 2 amide bonds. The quantitative estimate of drug-likeness (QED) is 0.557. The summed E-state index contributed by atoms with van der Waals surface area (Å²) < 4.78 is 5.80. The third kappa shape index (κ3) is 5.47. The van der Waals surface area contributed by atoms with E-state index in [1.807, 2.05) is 43.3 Å². The van der Waals surface area contributed by atoms with Crippen LogP contribution < -0.4 is 15.4 Å². The number of benzene rings is 3. The Labute approximate surface area is 177 Å².